The average molecular weight is 578 g/mol. The fourth-order valence-corrected chi connectivity index (χ4v) is 5.50. The number of likely N-dealkylation sites (tertiary alicyclic amines) is 1. The van der Waals surface area contributed by atoms with Crippen LogP contribution in [0.5, 0.6) is 5.75 Å². The van der Waals surface area contributed by atoms with Crippen LogP contribution in [0.1, 0.15) is 31.9 Å². The summed E-state index contributed by atoms with van der Waals surface area (Å²) in [7, 11) is -2.52. The molecule has 1 aromatic heterocycles. The van der Waals surface area contributed by atoms with Gasteiger partial charge in [-0.15, -0.1) is 0 Å². The van der Waals surface area contributed by atoms with Gasteiger partial charge in [0.1, 0.15) is 12.3 Å². The smallest absolute Gasteiger partial charge is 0.406 e. The molecule has 8 nitrogen and oxygen atoms in total. The van der Waals surface area contributed by atoms with Crippen molar-refractivity contribution in [3.05, 3.63) is 48.2 Å². The first kappa shape index (κ1) is 29.6. The van der Waals surface area contributed by atoms with Crippen molar-refractivity contribution in [2.24, 2.45) is 5.14 Å². The molecule has 3 aromatic rings. The van der Waals surface area contributed by atoms with Crippen LogP contribution in [0.2, 0.25) is 0 Å². The summed E-state index contributed by atoms with van der Waals surface area (Å²) in [6.45, 7) is 4.16. The van der Waals surface area contributed by atoms with Crippen LogP contribution in [-0.4, -0.2) is 63.4 Å². The second kappa shape index (κ2) is 12.4. The van der Waals surface area contributed by atoms with E-state index in [0.717, 1.165) is 44.6 Å². The van der Waals surface area contributed by atoms with Crippen LogP contribution in [0.15, 0.2) is 47.4 Å². The summed E-state index contributed by atoms with van der Waals surface area (Å²) < 4.78 is 70.2. The molecule has 40 heavy (non-hydrogen) atoms. The van der Waals surface area contributed by atoms with Crippen molar-refractivity contribution in [3.63, 3.8) is 0 Å². The van der Waals surface area contributed by atoms with Crippen molar-refractivity contribution in [1.82, 2.24) is 9.47 Å². The van der Waals surface area contributed by atoms with Gasteiger partial charge in [0.25, 0.3) is 0 Å². The molecule has 1 saturated heterocycles. The summed E-state index contributed by atoms with van der Waals surface area (Å²) in [4.78, 5) is 2.33. The highest BCUT2D eigenvalue weighted by atomic mass is 32.2. The summed E-state index contributed by atoms with van der Waals surface area (Å²) >= 11 is 0. The number of hydrogen-bond donors (Lipinski definition) is 3. The van der Waals surface area contributed by atoms with Gasteiger partial charge in [-0.05, 0) is 62.1 Å². The van der Waals surface area contributed by atoms with Crippen molar-refractivity contribution in [2.45, 2.75) is 49.8 Å². The number of halogens is 3. The Kier molecular flexibility index (Phi) is 9.18. The summed E-state index contributed by atoms with van der Waals surface area (Å²) in [5.41, 5.74) is 1.98. The predicted molar refractivity (Wildman–Crippen MR) is 151 cm³/mol. The van der Waals surface area contributed by atoms with Gasteiger partial charge < -0.3 is 24.8 Å². The van der Waals surface area contributed by atoms with Gasteiger partial charge in [0.15, 0.2) is 0 Å². The largest absolute Gasteiger partial charge is 0.495 e. The van der Waals surface area contributed by atoms with Crippen LogP contribution < -0.4 is 20.5 Å². The maximum atomic E-state index is 13.5. The highest BCUT2D eigenvalue weighted by Gasteiger charge is 2.30. The molecule has 216 valence electrons. The van der Waals surface area contributed by atoms with Crippen LogP contribution in [0.25, 0.3) is 10.9 Å². The number of aromatic nitrogens is 1. The lowest BCUT2D eigenvalue weighted by Gasteiger charge is -2.32. The monoisotopic (exact) mass is 577 g/mol. The second-order valence-electron chi connectivity index (χ2n) is 9.79. The molecule has 0 bridgehead atoms. The van der Waals surface area contributed by atoms with E-state index >= 15 is 0 Å². The molecule has 2 aromatic carbocycles. The number of alkyl halides is 3. The molecule has 0 amide bonds. The standard InChI is InChI=1S/C28H34F3N5O3S/c1-3-14-35-15-11-20(12-16-35)34-24-7-4-8-26-23(24)17-21(36(26)19-28(29,30)31)6-5-13-33-25-10-9-22(40(32,37)38)18-27(25)39-2/h4,7-10,17-18,20,33-34H,3,11-16,19H2,1-2H3,(H2,32,37,38). The number of anilines is 2. The van der Waals surface area contributed by atoms with Crippen LogP contribution in [0.4, 0.5) is 24.5 Å². The Morgan fingerprint density at radius 3 is 2.52 bits per heavy atom. The van der Waals surface area contributed by atoms with E-state index in [2.05, 4.69) is 34.3 Å². The fraction of sp³-hybridized carbons (Fsp3) is 0.429. The van der Waals surface area contributed by atoms with Crippen molar-refractivity contribution in [2.75, 3.05) is 43.9 Å². The van der Waals surface area contributed by atoms with Gasteiger partial charge >= 0.3 is 6.18 Å². The maximum absolute atomic E-state index is 13.5. The van der Waals surface area contributed by atoms with Gasteiger partial charge in [0.2, 0.25) is 10.0 Å². The van der Waals surface area contributed by atoms with Crippen molar-refractivity contribution in [1.29, 1.82) is 0 Å². The van der Waals surface area contributed by atoms with Gasteiger partial charge in [-0.2, -0.15) is 13.2 Å². The number of nitrogens with one attached hydrogen (secondary N) is 2. The first-order valence-electron chi connectivity index (χ1n) is 13.1. The van der Waals surface area contributed by atoms with E-state index in [0.29, 0.717) is 16.6 Å². The summed E-state index contributed by atoms with van der Waals surface area (Å²) in [6, 6.07) is 11.4. The second-order valence-corrected chi connectivity index (χ2v) is 11.4. The Bertz CT molecular complexity index is 1500. The third-order valence-corrected chi connectivity index (χ3v) is 7.77. The molecule has 4 N–H and O–H groups in total. The Balaban J connectivity index is 1.56. The zero-order valence-corrected chi connectivity index (χ0v) is 23.3. The number of hydrogen-bond acceptors (Lipinski definition) is 6. The average Bonchev–Trinajstić information content (AvgIpc) is 3.24. The molecule has 0 radical (unpaired) electrons. The third kappa shape index (κ3) is 7.41. The van der Waals surface area contributed by atoms with Gasteiger partial charge in [-0.3, -0.25) is 0 Å². The van der Waals surface area contributed by atoms with E-state index in [1.807, 2.05) is 6.07 Å². The Hall–Kier alpha value is -3.40. The first-order valence-corrected chi connectivity index (χ1v) is 14.6. The Morgan fingerprint density at radius 2 is 1.88 bits per heavy atom. The summed E-state index contributed by atoms with van der Waals surface area (Å²) in [5.74, 6) is 6.00. The molecule has 1 aliphatic heterocycles. The van der Waals surface area contributed by atoms with Crippen LogP contribution >= 0.6 is 0 Å². The highest BCUT2D eigenvalue weighted by molar-refractivity contribution is 7.89. The third-order valence-electron chi connectivity index (χ3n) is 6.86. The van der Waals surface area contributed by atoms with E-state index in [-0.39, 0.29) is 28.9 Å². The lowest BCUT2D eigenvalue weighted by molar-refractivity contribution is -0.140. The van der Waals surface area contributed by atoms with E-state index in [9.17, 15) is 21.6 Å². The molecule has 1 aliphatic rings. The minimum absolute atomic E-state index is 0.0834. The zero-order valence-electron chi connectivity index (χ0n) is 22.5. The van der Waals surface area contributed by atoms with Crippen LogP contribution in [-0.2, 0) is 16.6 Å². The summed E-state index contributed by atoms with van der Waals surface area (Å²) in [6.07, 6.45) is -1.37. The van der Waals surface area contributed by atoms with Gasteiger partial charge in [0, 0.05) is 36.3 Å². The maximum Gasteiger partial charge on any atom is 0.406 e. The lowest BCUT2D eigenvalue weighted by Crippen LogP contribution is -2.39. The molecule has 4 rings (SSSR count). The van der Waals surface area contributed by atoms with Crippen molar-refractivity contribution < 1.29 is 26.3 Å². The number of piperidine rings is 1. The number of methoxy groups -OCH3 is 1. The topological polar surface area (TPSA) is 102 Å². The van der Waals surface area contributed by atoms with Crippen molar-refractivity contribution >= 4 is 32.3 Å². The Morgan fingerprint density at radius 1 is 1.12 bits per heavy atom. The van der Waals surface area contributed by atoms with Gasteiger partial charge in [-0.25, -0.2) is 13.6 Å². The van der Waals surface area contributed by atoms with E-state index < -0.39 is 22.7 Å². The zero-order chi connectivity index (χ0) is 28.9. The number of nitrogens with zero attached hydrogens (tertiary/aromatic N) is 2. The summed E-state index contributed by atoms with van der Waals surface area (Å²) in [5, 5.41) is 12.4. The molecular formula is C28H34F3N5O3S. The Labute approximate surface area is 232 Å². The van der Waals surface area contributed by atoms with Gasteiger partial charge in [-0.1, -0.05) is 18.9 Å². The molecule has 0 aliphatic carbocycles. The quantitative estimate of drug-likeness (QED) is 0.321. The molecule has 12 heteroatoms. The molecule has 2 heterocycles. The molecular weight excluding hydrogens is 543 g/mol. The number of fused-ring (bicyclic) bond motifs is 1. The van der Waals surface area contributed by atoms with E-state index in [4.69, 9.17) is 9.88 Å². The SMILES string of the molecule is CCCN1CCC(Nc2cccc3c2cc(C#CCNc2ccc(S(N)(=O)=O)cc2OC)n3CC(F)(F)F)CC1. The molecule has 0 atom stereocenters. The van der Waals surface area contributed by atoms with Gasteiger partial charge in [0.05, 0.1) is 35.4 Å². The van der Waals surface area contributed by atoms with Crippen molar-refractivity contribution in [3.8, 4) is 17.6 Å². The predicted octanol–water partition coefficient (Wildman–Crippen LogP) is 4.61. The highest BCUT2D eigenvalue weighted by Crippen LogP contribution is 2.31. The van der Waals surface area contributed by atoms with E-state index in [1.54, 1.807) is 18.2 Å². The number of benzene rings is 2. The lowest BCUT2D eigenvalue weighted by atomic mass is 10.0. The number of nitrogens with two attached hydrogens (primary N) is 1. The molecule has 0 unspecified atom stereocenters. The number of sulfonamides is 1. The number of primary sulfonamides is 1. The number of ether oxygens (including phenoxy) is 1. The minimum Gasteiger partial charge on any atom is -0.495 e. The molecule has 0 spiro atoms. The number of rotatable bonds is 9. The first-order chi connectivity index (χ1) is 19.0. The molecule has 0 saturated carbocycles. The van der Waals surface area contributed by atoms with Crippen LogP contribution in [0, 0.1) is 11.8 Å². The van der Waals surface area contributed by atoms with E-state index in [1.165, 1.54) is 29.9 Å². The normalized spacial score (nSPS) is 15.1. The van der Waals surface area contributed by atoms with Crippen LogP contribution in [0.3, 0.4) is 0 Å². The minimum atomic E-state index is -4.42. The fourth-order valence-electron chi connectivity index (χ4n) is 4.97. The molecule has 1 fully saturated rings.